The van der Waals surface area contributed by atoms with Crippen LogP contribution in [-0.2, 0) is 12.8 Å². The summed E-state index contributed by atoms with van der Waals surface area (Å²) in [5, 5.41) is 6.82. The molecule has 0 saturated carbocycles. The number of carbonyl (C=O) groups is 1. The Labute approximate surface area is 138 Å². The van der Waals surface area contributed by atoms with Crippen molar-refractivity contribution in [2.75, 3.05) is 38.0 Å². The van der Waals surface area contributed by atoms with Crippen LogP contribution in [0.4, 0.5) is 5.82 Å². The third-order valence-electron chi connectivity index (χ3n) is 4.60. The van der Waals surface area contributed by atoms with Gasteiger partial charge in [0.25, 0.3) is 5.91 Å². The highest BCUT2D eigenvalue weighted by Gasteiger charge is 2.24. The lowest BCUT2D eigenvalue weighted by atomic mass is 10.0. The first kappa shape index (κ1) is 16.2. The number of nitrogens with zero attached hydrogens (tertiary/aromatic N) is 2. The molecule has 3 rings (SSSR count). The third-order valence-corrected chi connectivity index (χ3v) is 4.60. The average Bonchev–Trinajstić information content (AvgIpc) is 2.97. The average molecular weight is 316 g/mol. The van der Waals surface area contributed by atoms with Gasteiger partial charge in [0.05, 0.1) is 5.56 Å². The highest BCUT2D eigenvalue weighted by molar-refractivity contribution is 5.99. The predicted molar refractivity (Wildman–Crippen MR) is 93.0 cm³/mol. The molecule has 0 aliphatic carbocycles. The maximum absolute atomic E-state index is 12.9. The van der Waals surface area contributed by atoms with Gasteiger partial charge in [0, 0.05) is 38.3 Å². The smallest absolute Gasteiger partial charge is 0.257 e. The number of hydrogen-bond donors (Lipinski definition) is 2. The van der Waals surface area contributed by atoms with E-state index in [4.69, 9.17) is 4.98 Å². The molecule has 0 unspecified atom stereocenters. The molecule has 23 heavy (non-hydrogen) atoms. The summed E-state index contributed by atoms with van der Waals surface area (Å²) in [6.45, 7) is 8.85. The van der Waals surface area contributed by atoms with E-state index in [-0.39, 0.29) is 5.91 Å². The lowest BCUT2D eigenvalue weighted by Crippen LogP contribution is -2.29. The molecule has 0 aromatic carbocycles. The van der Waals surface area contributed by atoms with Gasteiger partial charge in [0.1, 0.15) is 5.82 Å². The molecule has 5 heteroatoms. The summed E-state index contributed by atoms with van der Waals surface area (Å²) in [5.74, 6) is 1.43. The molecule has 0 atom stereocenters. The molecule has 2 N–H and O–H groups in total. The Morgan fingerprint density at radius 1 is 1.30 bits per heavy atom. The van der Waals surface area contributed by atoms with Crippen LogP contribution in [0.25, 0.3) is 0 Å². The Balaban J connectivity index is 1.93. The minimum Gasteiger partial charge on any atom is -0.369 e. The van der Waals surface area contributed by atoms with Crippen LogP contribution in [-0.4, -0.2) is 48.5 Å². The SMILES string of the molecule is CC(C)CNc1nc2c(cc1C(=O)N1CCCC1)CCNCC2. The summed E-state index contributed by atoms with van der Waals surface area (Å²) >= 11 is 0. The quantitative estimate of drug-likeness (QED) is 0.893. The molecule has 1 aromatic rings. The standard InChI is InChI=1S/C18H28N4O/c1-13(2)12-20-17-15(18(23)22-9-3-4-10-22)11-14-5-7-19-8-6-16(14)21-17/h11,13,19H,3-10,12H2,1-2H3,(H,20,21). The van der Waals surface area contributed by atoms with Crippen molar-refractivity contribution in [1.29, 1.82) is 0 Å². The predicted octanol–water partition coefficient (Wildman–Crippen LogP) is 2.07. The summed E-state index contributed by atoms with van der Waals surface area (Å²) < 4.78 is 0. The largest absolute Gasteiger partial charge is 0.369 e. The molecule has 1 aromatic heterocycles. The van der Waals surface area contributed by atoms with Gasteiger partial charge in [-0.3, -0.25) is 4.79 Å². The second kappa shape index (κ2) is 7.30. The number of pyridine rings is 1. The number of nitrogens with one attached hydrogen (secondary N) is 2. The van der Waals surface area contributed by atoms with E-state index >= 15 is 0 Å². The molecule has 0 bridgehead atoms. The maximum Gasteiger partial charge on any atom is 0.257 e. The van der Waals surface area contributed by atoms with E-state index in [1.54, 1.807) is 0 Å². The zero-order valence-corrected chi connectivity index (χ0v) is 14.3. The minimum atomic E-state index is 0.140. The molecular formula is C18H28N4O. The Hall–Kier alpha value is -1.62. The number of amides is 1. The molecule has 2 aliphatic heterocycles. The van der Waals surface area contributed by atoms with Crippen LogP contribution in [0.2, 0.25) is 0 Å². The van der Waals surface area contributed by atoms with Gasteiger partial charge in [-0.25, -0.2) is 4.98 Å². The fraction of sp³-hybridized carbons (Fsp3) is 0.667. The van der Waals surface area contributed by atoms with Crippen LogP contribution in [0.3, 0.4) is 0 Å². The van der Waals surface area contributed by atoms with Crippen LogP contribution >= 0.6 is 0 Å². The topological polar surface area (TPSA) is 57.3 Å². The van der Waals surface area contributed by atoms with Crippen molar-refractivity contribution in [2.24, 2.45) is 5.92 Å². The molecule has 126 valence electrons. The number of carbonyl (C=O) groups excluding carboxylic acids is 1. The summed E-state index contributed by atoms with van der Waals surface area (Å²) in [7, 11) is 0. The second-order valence-corrected chi connectivity index (χ2v) is 7.01. The Bertz CT molecular complexity index is 564. The maximum atomic E-state index is 12.9. The Kier molecular flexibility index (Phi) is 5.16. The van der Waals surface area contributed by atoms with E-state index in [9.17, 15) is 4.79 Å². The van der Waals surface area contributed by atoms with E-state index in [1.165, 1.54) is 5.56 Å². The van der Waals surface area contributed by atoms with E-state index < -0.39 is 0 Å². The van der Waals surface area contributed by atoms with Gasteiger partial charge in [-0.15, -0.1) is 0 Å². The monoisotopic (exact) mass is 316 g/mol. The summed E-state index contributed by atoms with van der Waals surface area (Å²) in [6.07, 6.45) is 4.11. The molecular weight excluding hydrogens is 288 g/mol. The first-order valence-electron chi connectivity index (χ1n) is 8.92. The van der Waals surface area contributed by atoms with Crippen LogP contribution in [0.15, 0.2) is 6.07 Å². The molecule has 1 saturated heterocycles. The van der Waals surface area contributed by atoms with Gasteiger partial charge in [-0.1, -0.05) is 13.8 Å². The van der Waals surface area contributed by atoms with E-state index in [0.29, 0.717) is 5.92 Å². The van der Waals surface area contributed by atoms with Crippen molar-refractivity contribution in [3.63, 3.8) is 0 Å². The molecule has 2 aliphatic rings. The van der Waals surface area contributed by atoms with Crippen LogP contribution in [0, 0.1) is 5.92 Å². The lowest BCUT2D eigenvalue weighted by Gasteiger charge is -2.20. The van der Waals surface area contributed by atoms with Crippen molar-refractivity contribution in [3.8, 4) is 0 Å². The van der Waals surface area contributed by atoms with Gasteiger partial charge < -0.3 is 15.5 Å². The summed E-state index contributed by atoms with van der Waals surface area (Å²) in [4.78, 5) is 19.7. The van der Waals surface area contributed by atoms with Crippen LogP contribution < -0.4 is 10.6 Å². The van der Waals surface area contributed by atoms with Gasteiger partial charge in [0.2, 0.25) is 0 Å². The van der Waals surface area contributed by atoms with E-state index in [2.05, 4.69) is 30.5 Å². The van der Waals surface area contributed by atoms with Gasteiger partial charge in [-0.05, 0) is 43.4 Å². The van der Waals surface area contributed by atoms with Crippen molar-refractivity contribution in [1.82, 2.24) is 15.2 Å². The fourth-order valence-electron chi connectivity index (χ4n) is 3.27. The summed E-state index contributed by atoms with van der Waals surface area (Å²) in [5.41, 5.74) is 3.13. The Morgan fingerprint density at radius 3 is 2.78 bits per heavy atom. The number of aromatic nitrogens is 1. The van der Waals surface area contributed by atoms with Gasteiger partial charge in [0.15, 0.2) is 0 Å². The number of fused-ring (bicyclic) bond motifs is 1. The summed E-state index contributed by atoms with van der Waals surface area (Å²) in [6, 6.07) is 2.10. The lowest BCUT2D eigenvalue weighted by molar-refractivity contribution is 0.0793. The molecule has 3 heterocycles. The van der Waals surface area contributed by atoms with Gasteiger partial charge in [-0.2, -0.15) is 0 Å². The number of rotatable bonds is 4. The first-order valence-corrected chi connectivity index (χ1v) is 8.92. The Morgan fingerprint density at radius 2 is 2.04 bits per heavy atom. The van der Waals surface area contributed by atoms with Crippen molar-refractivity contribution < 1.29 is 4.79 Å². The minimum absolute atomic E-state index is 0.140. The molecule has 0 radical (unpaired) electrons. The fourth-order valence-corrected chi connectivity index (χ4v) is 3.27. The van der Waals surface area contributed by atoms with Crippen LogP contribution in [0.5, 0.6) is 0 Å². The van der Waals surface area contributed by atoms with E-state index in [1.807, 2.05) is 4.90 Å². The highest BCUT2D eigenvalue weighted by atomic mass is 16.2. The van der Waals surface area contributed by atoms with Crippen molar-refractivity contribution in [3.05, 3.63) is 22.9 Å². The molecule has 5 nitrogen and oxygen atoms in total. The molecule has 1 amide bonds. The number of likely N-dealkylation sites (tertiary alicyclic amines) is 1. The third kappa shape index (κ3) is 3.83. The second-order valence-electron chi connectivity index (χ2n) is 7.01. The van der Waals surface area contributed by atoms with Crippen molar-refractivity contribution >= 4 is 11.7 Å². The van der Waals surface area contributed by atoms with E-state index in [0.717, 1.165) is 75.5 Å². The first-order chi connectivity index (χ1) is 11.1. The van der Waals surface area contributed by atoms with Crippen LogP contribution in [0.1, 0.15) is 48.3 Å². The van der Waals surface area contributed by atoms with Gasteiger partial charge >= 0.3 is 0 Å². The normalized spacial score (nSPS) is 18.0. The zero-order chi connectivity index (χ0) is 16.2. The number of anilines is 1. The number of hydrogen-bond acceptors (Lipinski definition) is 4. The highest BCUT2D eigenvalue weighted by Crippen LogP contribution is 2.23. The molecule has 0 spiro atoms. The molecule has 1 fully saturated rings. The zero-order valence-electron chi connectivity index (χ0n) is 14.3. The van der Waals surface area contributed by atoms with Crippen molar-refractivity contribution in [2.45, 2.75) is 39.5 Å².